The first-order valence-corrected chi connectivity index (χ1v) is 9.87. The van der Waals surface area contributed by atoms with Crippen LogP contribution in [0.4, 0.5) is 9.18 Å². The molecule has 1 aliphatic carbocycles. The Balaban J connectivity index is 1.48. The van der Waals surface area contributed by atoms with Crippen LogP contribution in [0.1, 0.15) is 63.3 Å². The Morgan fingerprint density at radius 1 is 1.07 bits per heavy atom. The maximum Gasteiger partial charge on any atom is 0.318 e. The highest BCUT2D eigenvalue weighted by Gasteiger charge is 2.33. The maximum atomic E-state index is 13.1. The number of carbonyl (C=O) groups is 1. The molecular weight excluding hydrogens is 347 g/mol. The van der Waals surface area contributed by atoms with E-state index < -0.39 is 0 Å². The van der Waals surface area contributed by atoms with Crippen LogP contribution in [0.25, 0.3) is 11.4 Å². The molecule has 2 fully saturated rings. The molecule has 2 aromatic rings. The quantitative estimate of drug-likeness (QED) is 0.864. The average Bonchev–Trinajstić information content (AvgIpc) is 3.19. The van der Waals surface area contributed by atoms with E-state index in [1.807, 2.05) is 4.90 Å². The third-order valence-corrected chi connectivity index (χ3v) is 5.53. The number of halogens is 1. The zero-order valence-corrected chi connectivity index (χ0v) is 15.4. The Bertz CT molecular complexity index is 771. The second-order valence-corrected chi connectivity index (χ2v) is 7.45. The van der Waals surface area contributed by atoms with Gasteiger partial charge in [0.1, 0.15) is 11.9 Å². The first-order chi connectivity index (χ1) is 13.2. The van der Waals surface area contributed by atoms with Crippen molar-refractivity contribution in [3.63, 3.8) is 0 Å². The van der Waals surface area contributed by atoms with Crippen LogP contribution in [-0.4, -0.2) is 33.7 Å². The van der Waals surface area contributed by atoms with Gasteiger partial charge in [-0.1, -0.05) is 24.4 Å². The summed E-state index contributed by atoms with van der Waals surface area (Å²) in [5.74, 6) is 0.566. The minimum absolute atomic E-state index is 0.0341. The third kappa shape index (κ3) is 4.12. The summed E-state index contributed by atoms with van der Waals surface area (Å²) in [5, 5.41) is 7.22. The molecule has 1 aliphatic heterocycles. The Labute approximate surface area is 158 Å². The van der Waals surface area contributed by atoms with Gasteiger partial charge in [-0.3, -0.25) is 0 Å². The van der Waals surface area contributed by atoms with Crippen LogP contribution in [-0.2, 0) is 0 Å². The summed E-state index contributed by atoms with van der Waals surface area (Å²) >= 11 is 0. The molecule has 6 nitrogen and oxygen atoms in total. The Hall–Kier alpha value is -2.44. The number of hydrogen-bond acceptors (Lipinski definition) is 4. The number of aromatic nitrogens is 2. The number of piperidine rings is 1. The predicted molar refractivity (Wildman–Crippen MR) is 98.4 cm³/mol. The van der Waals surface area contributed by atoms with E-state index in [9.17, 15) is 9.18 Å². The number of carbonyl (C=O) groups excluding carboxylic acids is 1. The van der Waals surface area contributed by atoms with Crippen molar-refractivity contribution in [1.82, 2.24) is 20.4 Å². The van der Waals surface area contributed by atoms with E-state index in [0.29, 0.717) is 23.8 Å². The van der Waals surface area contributed by atoms with Crippen molar-refractivity contribution in [3.8, 4) is 11.4 Å². The molecule has 2 amide bonds. The van der Waals surface area contributed by atoms with Crippen molar-refractivity contribution < 1.29 is 13.7 Å². The number of urea groups is 1. The molecule has 4 rings (SSSR count). The average molecular weight is 372 g/mol. The van der Waals surface area contributed by atoms with Crippen LogP contribution in [0.3, 0.4) is 0 Å². The number of hydrogen-bond donors (Lipinski definition) is 1. The Morgan fingerprint density at radius 2 is 1.81 bits per heavy atom. The summed E-state index contributed by atoms with van der Waals surface area (Å²) in [4.78, 5) is 19.2. The molecule has 0 spiro atoms. The zero-order chi connectivity index (χ0) is 18.6. The highest BCUT2D eigenvalue weighted by Crippen LogP contribution is 2.31. The van der Waals surface area contributed by atoms with Crippen LogP contribution >= 0.6 is 0 Å². The lowest BCUT2D eigenvalue weighted by Crippen LogP contribution is -2.48. The predicted octanol–water partition coefficient (Wildman–Crippen LogP) is 4.45. The molecule has 1 saturated carbocycles. The molecule has 1 saturated heterocycles. The van der Waals surface area contributed by atoms with Crippen molar-refractivity contribution >= 4 is 6.03 Å². The molecule has 1 atom stereocenters. The molecule has 2 aliphatic rings. The van der Waals surface area contributed by atoms with Gasteiger partial charge < -0.3 is 14.7 Å². The summed E-state index contributed by atoms with van der Waals surface area (Å²) in [6, 6.07) is 6.02. The van der Waals surface area contributed by atoms with Crippen molar-refractivity contribution in [2.45, 2.75) is 63.5 Å². The number of amides is 2. The molecule has 1 unspecified atom stereocenters. The first kappa shape index (κ1) is 17.9. The van der Waals surface area contributed by atoms with E-state index in [1.54, 1.807) is 12.1 Å². The van der Waals surface area contributed by atoms with Crippen LogP contribution in [0.2, 0.25) is 0 Å². The van der Waals surface area contributed by atoms with E-state index in [0.717, 1.165) is 32.1 Å². The molecule has 0 radical (unpaired) electrons. The van der Waals surface area contributed by atoms with Crippen LogP contribution in [0.15, 0.2) is 28.8 Å². The van der Waals surface area contributed by atoms with Gasteiger partial charge in [0, 0.05) is 18.2 Å². The van der Waals surface area contributed by atoms with E-state index in [-0.39, 0.29) is 23.9 Å². The first-order valence-electron chi connectivity index (χ1n) is 9.87. The Kier molecular flexibility index (Phi) is 5.36. The van der Waals surface area contributed by atoms with Gasteiger partial charge in [0.05, 0.1) is 0 Å². The molecule has 2 heterocycles. The molecule has 144 valence electrons. The minimum Gasteiger partial charge on any atom is -0.337 e. The van der Waals surface area contributed by atoms with Crippen molar-refractivity contribution in [2.75, 3.05) is 6.54 Å². The highest BCUT2D eigenvalue weighted by molar-refractivity contribution is 5.75. The van der Waals surface area contributed by atoms with E-state index >= 15 is 0 Å². The Morgan fingerprint density at radius 3 is 2.59 bits per heavy atom. The molecule has 1 N–H and O–H groups in total. The van der Waals surface area contributed by atoms with Crippen LogP contribution in [0, 0.1) is 5.82 Å². The lowest BCUT2D eigenvalue weighted by molar-refractivity contribution is 0.127. The van der Waals surface area contributed by atoms with E-state index in [1.165, 1.54) is 31.4 Å². The van der Waals surface area contributed by atoms with Crippen molar-refractivity contribution in [1.29, 1.82) is 0 Å². The second kappa shape index (κ2) is 8.06. The number of benzene rings is 1. The van der Waals surface area contributed by atoms with Crippen LogP contribution in [0.5, 0.6) is 0 Å². The molecule has 27 heavy (non-hydrogen) atoms. The number of likely N-dealkylation sites (tertiary alicyclic amines) is 1. The summed E-state index contributed by atoms with van der Waals surface area (Å²) in [7, 11) is 0. The molecule has 0 bridgehead atoms. The lowest BCUT2D eigenvalue weighted by Gasteiger charge is -2.35. The lowest BCUT2D eigenvalue weighted by atomic mass is 9.95. The minimum atomic E-state index is -0.305. The monoisotopic (exact) mass is 372 g/mol. The highest BCUT2D eigenvalue weighted by atomic mass is 19.1. The zero-order valence-electron chi connectivity index (χ0n) is 15.4. The summed E-state index contributed by atoms with van der Waals surface area (Å²) in [6.45, 7) is 0.692. The topological polar surface area (TPSA) is 71.3 Å². The van der Waals surface area contributed by atoms with Gasteiger partial charge in [-0.15, -0.1) is 0 Å². The number of nitrogens with one attached hydrogen (secondary N) is 1. The summed E-state index contributed by atoms with van der Waals surface area (Å²) < 4.78 is 18.6. The maximum absolute atomic E-state index is 13.1. The number of rotatable bonds is 3. The SMILES string of the molecule is O=C(NC1CCCCC1)N1CCCCC1c1nc(-c2ccc(F)cc2)no1. The van der Waals surface area contributed by atoms with Gasteiger partial charge in [0.2, 0.25) is 11.7 Å². The largest absolute Gasteiger partial charge is 0.337 e. The second-order valence-electron chi connectivity index (χ2n) is 7.45. The molecule has 7 heteroatoms. The summed E-state index contributed by atoms with van der Waals surface area (Å²) in [5.41, 5.74) is 0.695. The van der Waals surface area contributed by atoms with Gasteiger partial charge in [-0.25, -0.2) is 9.18 Å². The normalized spacial score (nSPS) is 21.2. The molecule has 1 aromatic heterocycles. The van der Waals surface area contributed by atoms with E-state index in [4.69, 9.17) is 4.52 Å². The van der Waals surface area contributed by atoms with Gasteiger partial charge in [-0.2, -0.15) is 4.98 Å². The van der Waals surface area contributed by atoms with E-state index in [2.05, 4.69) is 15.5 Å². The van der Waals surface area contributed by atoms with Gasteiger partial charge >= 0.3 is 6.03 Å². The summed E-state index contributed by atoms with van der Waals surface area (Å²) in [6.07, 6.45) is 8.53. The van der Waals surface area contributed by atoms with Gasteiger partial charge in [-0.05, 0) is 56.4 Å². The fraction of sp³-hybridized carbons (Fsp3) is 0.550. The molecule has 1 aromatic carbocycles. The van der Waals surface area contributed by atoms with Crippen molar-refractivity contribution in [3.05, 3.63) is 36.0 Å². The fourth-order valence-electron chi connectivity index (χ4n) is 4.02. The van der Waals surface area contributed by atoms with Crippen molar-refractivity contribution in [2.24, 2.45) is 0 Å². The fourth-order valence-corrected chi connectivity index (χ4v) is 4.02. The van der Waals surface area contributed by atoms with Gasteiger partial charge in [0.15, 0.2) is 0 Å². The van der Waals surface area contributed by atoms with Gasteiger partial charge in [0.25, 0.3) is 0 Å². The number of nitrogens with zero attached hydrogens (tertiary/aromatic N) is 3. The third-order valence-electron chi connectivity index (χ3n) is 5.53. The molecular formula is C20H25FN4O2. The van der Waals surface area contributed by atoms with Crippen LogP contribution < -0.4 is 5.32 Å². The smallest absolute Gasteiger partial charge is 0.318 e. The standard InChI is InChI=1S/C20H25FN4O2/c21-15-11-9-14(10-12-15)18-23-19(27-24-18)17-8-4-5-13-25(17)20(26)22-16-6-2-1-3-7-16/h9-12,16-17H,1-8,13H2,(H,22,26).